The number of nitrogens with zero attached hydrogens (tertiary/aromatic N) is 1. The highest BCUT2D eigenvalue weighted by Gasteiger charge is 2.24. The third-order valence-corrected chi connectivity index (χ3v) is 5.27. The van der Waals surface area contributed by atoms with Gasteiger partial charge in [0, 0.05) is 41.2 Å². The molecule has 0 spiro atoms. The summed E-state index contributed by atoms with van der Waals surface area (Å²) in [6, 6.07) is 4.64. The lowest BCUT2D eigenvalue weighted by atomic mass is 9.96. The Morgan fingerprint density at radius 2 is 1.95 bits per heavy atom. The van der Waals surface area contributed by atoms with E-state index in [9.17, 15) is 0 Å². The highest BCUT2D eigenvalue weighted by Crippen LogP contribution is 2.37. The average molecular weight is 419 g/mol. The third kappa shape index (κ3) is 4.68. The zero-order valence-corrected chi connectivity index (χ0v) is 15.8. The van der Waals surface area contributed by atoms with Crippen LogP contribution in [0.3, 0.4) is 0 Å². The van der Waals surface area contributed by atoms with E-state index in [1.807, 2.05) is 6.07 Å². The van der Waals surface area contributed by atoms with Crippen LogP contribution in [-0.2, 0) is 0 Å². The van der Waals surface area contributed by atoms with Crippen molar-refractivity contribution in [3.8, 4) is 0 Å². The highest BCUT2D eigenvalue weighted by molar-refractivity contribution is 9.11. The van der Waals surface area contributed by atoms with Gasteiger partial charge in [0.1, 0.15) is 0 Å². The summed E-state index contributed by atoms with van der Waals surface area (Å²) in [4.78, 5) is 2.58. The highest BCUT2D eigenvalue weighted by atomic mass is 79.9. The zero-order valence-electron chi connectivity index (χ0n) is 12.7. The number of hydrogen-bond donors (Lipinski definition) is 2. The van der Waals surface area contributed by atoms with Gasteiger partial charge in [-0.25, -0.2) is 0 Å². The van der Waals surface area contributed by atoms with Crippen LogP contribution in [-0.4, -0.2) is 31.1 Å². The lowest BCUT2D eigenvalue weighted by molar-refractivity contribution is 0.163. The smallest absolute Gasteiger partial charge is 0.0507 e. The van der Waals surface area contributed by atoms with Gasteiger partial charge in [0.25, 0.3) is 0 Å². The van der Waals surface area contributed by atoms with Crippen LogP contribution in [0.4, 0.5) is 5.69 Å². The summed E-state index contributed by atoms with van der Waals surface area (Å²) >= 11 is 7.19. The topological polar surface area (TPSA) is 41.3 Å². The number of nitrogens with one attached hydrogen (secondary N) is 1. The SMILES string of the molecule is CCCCC[C@@H](c1cc(Br)cc(Br)c1N)N1CCNCC1. The third-order valence-electron chi connectivity index (χ3n) is 4.16. The van der Waals surface area contributed by atoms with E-state index in [1.54, 1.807) is 0 Å². The van der Waals surface area contributed by atoms with E-state index in [-0.39, 0.29) is 0 Å². The number of benzene rings is 1. The van der Waals surface area contributed by atoms with Gasteiger partial charge in [-0.2, -0.15) is 0 Å². The van der Waals surface area contributed by atoms with Gasteiger partial charge in [0.2, 0.25) is 0 Å². The summed E-state index contributed by atoms with van der Waals surface area (Å²) in [7, 11) is 0. The first-order chi connectivity index (χ1) is 10.1. The molecule has 3 nitrogen and oxygen atoms in total. The molecule has 1 atom stereocenters. The van der Waals surface area contributed by atoms with E-state index in [4.69, 9.17) is 5.73 Å². The van der Waals surface area contributed by atoms with Crippen molar-refractivity contribution in [2.45, 2.75) is 38.6 Å². The van der Waals surface area contributed by atoms with Crippen molar-refractivity contribution >= 4 is 37.5 Å². The minimum absolute atomic E-state index is 0.424. The van der Waals surface area contributed by atoms with E-state index >= 15 is 0 Å². The van der Waals surface area contributed by atoms with Crippen molar-refractivity contribution in [2.75, 3.05) is 31.9 Å². The Hall–Kier alpha value is -0.100. The summed E-state index contributed by atoms with van der Waals surface area (Å²) < 4.78 is 2.08. The lowest BCUT2D eigenvalue weighted by Gasteiger charge is -2.36. The molecule has 1 aliphatic heterocycles. The van der Waals surface area contributed by atoms with Crippen molar-refractivity contribution in [2.24, 2.45) is 0 Å². The van der Waals surface area contributed by atoms with Crippen LogP contribution in [0, 0.1) is 0 Å². The van der Waals surface area contributed by atoms with E-state index in [1.165, 1.54) is 31.2 Å². The molecule has 0 unspecified atom stereocenters. The van der Waals surface area contributed by atoms with Gasteiger partial charge in [-0.15, -0.1) is 0 Å². The predicted molar refractivity (Wildman–Crippen MR) is 97.6 cm³/mol. The van der Waals surface area contributed by atoms with Crippen molar-refractivity contribution < 1.29 is 0 Å². The lowest BCUT2D eigenvalue weighted by Crippen LogP contribution is -2.45. The molecule has 1 fully saturated rings. The maximum atomic E-state index is 6.35. The van der Waals surface area contributed by atoms with Crippen LogP contribution < -0.4 is 11.1 Å². The van der Waals surface area contributed by atoms with E-state index < -0.39 is 0 Å². The van der Waals surface area contributed by atoms with Crippen LogP contribution >= 0.6 is 31.9 Å². The number of hydrogen-bond acceptors (Lipinski definition) is 3. The second kappa shape index (κ2) is 8.51. The van der Waals surface area contributed by atoms with Crippen LogP contribution in [0.2, 0.25) is 0 Å². The van der Waals surface area contributed by atoms with Crippen LogP contribution in [0.15, 0.2) is 21.1 Å². The van der Waals surface area contributed by atoms with Crippen molar-refractivity contribution in [3.63, 3.8) is 0 Å². The predicted octanol–water partition coefficient (Wildman–Crippen LogP) is 4.32. The molecule has 1 aliphatic rings. The maximum absolute atomic E-state index is 6.35. The number of nitrogen functional groups attached to an aromatic ring is 1. The van der Waals surface area contributed by atoms with Crippen LogP contribution in [0.5, 0.6) is 0 Å². The molecular formula is C16H25Br2N3. The number of piperazine rings is 1. The Morgan fingerprint density at radius 3 is 2.62 bits per heavy atom. The summed E-state index contributed by atoms with van der Waals surface area (Å²) in [5.41, 5.74) is 8.50. The van der Waals surface area contributed by atoms with Gasteiger partial charge in [-0.1, -0.05) is 42.1 Å². The minimum Gasteiger partial charge on any atom is -0.398 e. The Bertz CT molecular complexity index is 459. The van der Waals surface area contributed by atoms with Gasteiger partial charge in [0.05, 0.1) is 5.69 Å². The van der Waals surface area contributed by atoms with E-state index in [0.717, 1.165) is 40.8 Å². The molecule has 0 aliphatic carbocycles. The minimum atomic E-state index is 0.424. The molecule has 1 aromatic rings. The Balaban J connectivity index is 2.24. The van der Waals surface area contributed by atoms with Gasteiger partial charge >= 0.3 is 0 Å². The number of anilines is 1. The summed E-state index contributed by atoms with van der Waals surface area (Å²) in [6.07, 6.45) is 4.99. The average Bonchev–Trinajstić information content (AvgIpc) is 2.49. The molecule has 1 heterocycles. The fourth-order valence-corrected chi connectivity index (χ4v) is 4.25. The monoisotopic (exact) mass is 417 g/mol. The van der Waals surface area contributed by atoms with Gasteiger partial charge in [-0.3, -0.25) is 4.90 Å². The Kier molecular flexibility index (Phi) is 6.99. The fraction of sp³-hybridized carbons (Fsp3) is 0.625. The molecule has 0 saturated carbocycles. The van der Waals surface area contributed by atoms with Crippen LogP contribution in [0.1, 0.15) is 44.2 Å². The van der Waals surface area contributed by atoms with Gasteiger partial charge in [-0.05, 0) is 40.0 Å². The number of rotatable bonds is 6. The van der Waals surface area contributed by atoms with E-state index in [2.05, 4.69) is 55.1 Å². The molecule has 0 aromatic heterocycles. The largest absolute Gasteiger partial charge is 0.398 e. The first kappa shape index (κ1) is 17.3. The summed E-state index contributed by atoms with van der Waals surface area (Å²) in [5.74, 6) is 0. The molecule has 118 valence electrons. The fourth-order valence-electron chi connectivity index (χ4n) is 3.00. The number of nitrogens with two attached hydrogens (primary N) is 1. The Labute approximate surface area is 144 Å². The van der Waals surface area contributed by atoms with Gasteiger partial charge in [0.15, 0.2) is 0 Å². The molecule has 0 amide bonds. The molecule has 21 heavy (non-hydrogen) atoms. The molecule has 5 heteroatoms. The standard InChI is InChI=1S/C16H25Br2N3/c1-2-3-4-5-15(21-8-6-20-7-9-21)13-10-12(17)11-14(18)16(13)19/h10-11,15,20H,2-9,19H2,1H3/t15-/m0/s1. The normalized spacial score (nSPS) is 17.9. The first-order valence-corrected chi connectivity index (χ1v) is 9.41. The van der Waals surface area contributed by atoms with Crippen LogP contribution in [0.25, 0.3) is 0 Å². The van der Waals surface area contributed by atoms with Crippen molar-refractivity contribution in [1.82, 2.24) is 10.2 Å². The molecule has 0 radical (unpaired) electrons. The quantitative estimate of drug-likeness (QED) is 0.533. The molecule has 0 bridgehead atoms. The molecule has 3 N–H and O–H groups in total. The molecule has 2 rings (SSSR count). The number of halogens is 2. The molecule has 1 aromatic carbocycles. The zero-order chi connectivity index (χ0) is 15.2. The van der Waals surface area contributed by atoms with E-state index in [0.29, 0.717) is 6.04 Å². The van der Waals surface area contributed by atoms with Gasteiger partial charge < -0.3 is 11.1 Å². The van der Waals surface area contributed by atoms with Crippen molar-refractivity contribution in [3.05, 3.63) is 26.6 Å². The summed E-state index contributed by atoms with van der Waals surface area (Å²) in [6.45, 7) is 6.59. The second-order valence-corrected chi connectivity index (χ2v) is 7.46. The number of unbranched alkanes of at least 4 members (excludes halogenated alkanes) is 2. The maximum Gasteiger partial charge on any atom is 0.0507 e. The van der Waals surface area contributed by atoms with Crippen molar-refractivity contribution in [1.29, 1.82) is 0 Å². The summed E-state index contributed by atoms with van der Waals surface area (Å²) in [5, 5.41) is 3.43. The first-order valence-electron chi connectivity index (χ1n) is 7.82. The Morgan fingerprint density at radius 1 is 1.24 bits per heavy atom. The molecule has 1 saturated heterocycles. The second-order valence-electron chi connectivity index (χ2n) is 5.69. The molecular weight excluding hydrogens is 394 g/mol.